The highest BCUT2D eigenvalue weighted by atomic mass is 35.5. The largest absolute Gasteiger partial charge is 0.418 e. The van der Waals surface area contributed by atoms with Gasteiger partial charge >= 0.3 is 11.4 Å². The summed E-state index contributed by atoms with van der Waals surface area (Å²) >= 11 is 1.52. The molecule has 3 N–H and O–H groups in total. The average molecular weight is 465 g/mol. The molecular formula is C19H18ClFN6O3S. The molecule has 0 unspecified atom stereocenters. The Balaban J connectivity index is 0.00000272. The van der Waals surface area contributed by atoms with Crippen LogP contribution in [0.2, 0.25) is 0 Å². The molecule has 0 aliphatic rings. The standard InChI is InChI=1S/C19H17FN6O3S.ClH/c20-6-13(7-21)9-26-19(28)25(11-23-26)10-15-4-3-14(30-15)2-1-12-5-16-17(22-8-12)24-18(27)29-16;/h1-6,8,11H,7,9-10,21H2,(H,22,24,27);1H/b2-1+,13-6+;. The van der Waals surface area contributed by atoms with Gasteiger partial charge in [0, 0.05) is 22.5 Å². The number of pyridine rings is 1. The minimum atomic E-state index is -0.542. The number of thiophene rings is 1. The fraction of sp³-hybridized carbons (Fsp3) is 0.158. The fourth-order valence-electron chi connectivity index (χ4n) is 2.78. The van der Waals surface area contributed by atoms with Gasteiger partial charge in [-0.25, -0.2) is 23.6 Å². The molecule has 12 heteroatoms. The summed E-state index contributed by atoms with van der Waals surface area (Å²) in [6.07, 6.45) is 7.23. The lowest BCUT2D eigenvalue weighted by molar-refractivity contribution is 0.555. The highest BCUT2D eigenvalue weighted by Crippen LogP contribution is 2.20. The van der Waals surface area contributed by atoms with Crippen LogP contribution in [0.25, 0.3) is 23.4 Å². The van der Waals surface area contributed by atoms with Crippen molar-refractivity contribution in [3.05, 3.63) is 79.0 Å². The van der Waals surface area contributed by atoms with Gasteiger partial charge in [-0.2, -0.15) is 5.10 Å². The summed E-state index contributed by atoms with van der Waals surface area (Å²) in [7, 11) is 0. The van der Waals surface area contributed by atoms with Crippen LogP contribution >= 0.6 is 23.7 Å². The van der Waals surface area contributed by atoms with Gasteiger partial charge in [-0.3, -0.25) is 9.55 Å². The Kier molecular flexibility index (Phi) is 7.00. The molecule has 0 radical (unpaired) electrons. The molecule has 0 bridgehead atoms. The van der Waals surface area contributed by atoms with E-state index in [2.05, 4.69) is 15.1 Å². The number of aromatic amines is 1. The van der Waals surface area contributed by atoms with Crippen LogP contribution in [0.15, 0.2) is 56.6 Å². The number of oxazole rings is 1. The predicted octanol–water partition coefficient (Wildman–Crippen LogP) is 2.39. The Morgan fingerprint density at radius 1 is 1.32 bits per heavy atom. The number of halogens is 2. The molecule has 0 aromatic carbocycles. The van der Waals surface area contributed by atoms with Crippen molar-refractivity contribution >= 4 is 47.1 Å². The van der Waals surface area contributed by atoms with Gasteiger partial charge in [0.15, 0.2) is 11.2 Å². The highest BCUT2D eigenvalue weighted by molar-refractivity contribution is 7.12. The lowest BCUT2D eigenvalue weighted by atomic mass is 10.2. The van der Waals surface area contributed by atoms with E-state index in [1.807, 2.05) is 24.3 Å². The normalized spacial score (nSPS) is 12.0. The van der Waals surface area contributed by atoms with Gasteiger partial charge in [0.25, 0.3) is 0 Å². The molecule has 162 valence electrons. The molecule has 0 amide bonds. The van der Waals surface area contributed by atoms with Crippen molar-refractivity contribution in [2.24, 2.45) is 5.73 Å². The number of hydrogen-bond acceptors (Lipinski definition) is 7. The van der Waals surface area contributed by atoms with Gasteiger partial charge in [-0.15, -0.1) is 23.7 Å². The van der Waals surface area contributed by atoms with Crippen LogP contribution in [0.3, 0.4) is 0 Å². The van der Waals surface area contributed by atoms with Gasteiger partial charge in [0.05, 0.1) is 19.4 Å². The van der Waals surface area contributed by atoms with E-state index in [-0.39, 0.29) is 36.8 Å². The molecule has 31 heavy (non-hydrogen) atoms. The first-order valence-electron chi connectivity index (χ1n) is 8.92. The zero-order valence-electron chi connectivity index (χ0n) is 16.0. The SMILES string of the molecule is Cl.NC/C(=C\F)Cn1ncn(Cc2ccc(/C=C/c3cnc4[nH]c(=O)oc4c3)s2)c1=O. The Hall–Kier alpha value is -3.28. The first-order valence-corrected chi connectivity index (χ1v) is 9.73. The fourth-order valence-corrected chi connectivity index (χ4v) is 3.70. The van der Waals surface area contributed by atoms with Crippen LogP contribution in [0.5, 0.6) is 0 Å². The first kappa shape index (κ1) is 22.4. The van der Waals surface area contributed by atoms with E-state index in [0.29, 0.717) is 24.1 Å². The Morgan fingerprint density at radius 2 is 2.16 bits per heavy atom. The molecule has 0 saturated heterocycles. The maximum Gasteiger partial charge on any atom is 0.418 e. The smallest absolute Gasteiger partial charge is 0.406 e. The van der Waals surface area contributed by atoms with E-state index in [1.54, 1.807) is 12.3 Å². The lowest BCUT2D eigenvalue weighted by Gasteiger charge is -2.01. The molecule has 4 aromatic heterocycles. The maximum atomic E-state index is 12.7. The van der Waals surface area contributed by atoms with Crippen molar-refractivity contribution in [2.45, 2.75) is 13.1 Å². The number of rotatable bonds is 7. The third kappa shape index (κ3) is 5.08. The van der Waals surface area contributed by atoms with Crippen molar-refractivity contribution in [1.29, 1.82) is 0 Å². The number of nitrogens with two attached hydrogens (primary N) is 1. The molecule has 0 fully saturated rings. The van der Waals surface area contributed by atoms with Crippen LogP contribution in [-0.4, -0.2) is 30.9 Å². The lowest BCUT2D eigenvalue weighted by Crippen LogP contribution is -2.26. The van der Waals surface area contributed by atoms with Crippen molar-refractivity contribution in [1.82, 2.24) is 24.3 Å². The molecular weight excluding hydrogens is 447 g/mol. The van der Waals surface area contributed by atoms with E-state index in [1.165, 1.54) is 26.9 Å². The summed E-state index contributed by atoms with van der Waals surface area (Å²) in [4.78, 5) is 32.2. The highest BCUT2D eigenvalue weighted by Gasteiger charge is 2.09. The third-order valence-corrected chi connectivity index (χ3v) is 5.35. The van der Waals surface area contributed by atoms with Crippen LogP contribution in [0.1, 0.15) is 15.3 Å². The van der Waals surface area contributed by atoms with Gasteiger partial charge < -0.3 is 10.2 Å². The minimum Gasteiger partial charge on any atom is -0.406 e. The molecule has 4 aromatic rings. The van der Waals surface area contributed by atoms with E-state index in [4.69, 9.17) is 10.2 Å². The minimum absolute atomic E-state index is 0. The first-order chi connectivity index (χ1) is 14.6. The van der Waals surface area contributed by atoms with Crippen molar-refractivity contribution < 1.29 is 8.81 Å². The zero-order valence-corrected chi connectivity index (χ0v) is 17.7. The van der Waals surface area contributed by atoms with Gasteiger partial charge in [-0.05, 0) is 35.4 Å². The summed E-state index contributed by atoms with van der Waals surface area (Å²) in [5, 5.41) is 4.01. The number of hydrogen-bond donors (Lipinski definition) is 2. The summed E-state index contributed by atoms with van der Waals surface area (Å²) in [5.74, 6) is -0.542. The molecule has 9 nitrogen and oxygen atoms in total. The predicted molar refractivity (Wildman–Crippen MR) is 119 cm³/mol. The summed E-state index contributed by atoms with van der Waals surface area (Å²) < 4.78 is 20.3. The van der Waals surface area contributed by atoms with Gasteiger partial charge in [0.1, 0.15) is 6.33 Å². The van der Waals surface area contributed by atoms with E-state index < -0.39 is 5.76 Å². The third-order valence-electron chi connectivity index (χ3n) is 4.31. The Morgan fingerprint density at radius 3 is 2.94 bits per heavy atom. The van der Waals surface area contributed by atoms with Crippen molar-refractivity contribution in [3.63, 3.8) is 0 Å². The second-order valence-corrected chi connectivity index (χ2v) is 7.64. The molecule has 0 spiro atoms. The zero-order chi connectivity index (χ0) is 21.1. The second kappa shape index (κ2) is 9.69. The maximum absolute atomic E-state index is 12.7. The van der Waals surface area contributed by atoms with Gasteiger partial charge in [-0.1, -0.05) is 6.08 Å². The molecule has 4 rings (SSSR count). The van der Waals surface area contributed by atoms with Gasteiger partial charge in [0.2, 0.25) is 0 Å². The summed E-state index contributed by atoms with van der Waals surface area (Å²) in [5.41, 5.74) is 6.97. The number of H-pyrrole nitrogens is 1. The van der Waals surface area contributed by atoms with E-state index in [9.17, 15) is 14.0 Å². The Labute approximate surface area is 184 Å². The molecule has 0 atom stereocenters. The molecule has 0 aliphatic carbocycles. The van der Waals surface area contributed by atoms with Crippen LogP contribution in [0.4, 0.5) is 4.39 Å². The molecule has 4 heterocycles. The monoisotopic (exact) mass is 464 g/mol. The number of nitrogens with one attached hydrogen (secondary N) is 1. The number of fused-ring (bicyclic) bond motifs is 1. The van der Waals surface area contributed by atoms with Crippen LogP contribution < -0.4 is 17.2 Å². The topological polar surface area (TPSA) is 125 Å². The quantitative estimate of drug-likeness (QED) is 0.432. The number of nitrogens with zero attached hydrogens (tertiary/aromatic N) is 4. The second-order valence-electron chi connectivity index (χ2n) is 6.44. The summed E-state index contributed by atoms with van der Waals surface area (Å²) in [6, 6.07) is 5.58. The van der Waals surface area contributed by atoms with Crippen LogP contribution in [-0.2, 0) is 13.1 Å². The Bertz CT molecular complexity index is 1360. The number of aromatic nitrogens is 5. The molecule has 0 aliphatic heterocycles. The summed E-state index contributed by atoms with van der Waals surface area (Å²) in [6.45, 7) is 0.405. The van der Waals surface area contributed by atoms with E-state index in [0.717, 1.165) is 15.3 Å². The van der Waals surface area contributed by atoms with E-state index >= 15 is 0 Å². The molecule has 0 saturated carbocycles. The average Bonchev–Trinajstić information content (AvgIpc) is 3.44. The van der Waals surface area contributed by atoms with Crippen molar-refractivity contribution in [2.75, 3.05) is 6.54 Å². The van der Waals surface area contributed by atoms with Crippen molar-refractivity contribution in [3.8, 4) is 0 Å². The van der Waals surface area contributed by atoms with Crippen LogP contribution in [0, 0.1) is 0 Å².